The van der Waals surface area contributed by atoms with Gasteiger partial charge in [-0.25, -0.2) is 17.9 Å². The zero-order valence-electron chi connectivity index (χ0n) is 11.0. The molecule has 0 saturated carbocycles. The number of sulfonamides is 1. The summed E-state index contributed by atoms with van der Waals surface area (Å²) in [5.41, 5.74) is 5.08. The molecule has 0 atom stereocenters. The van der Waals surface area contributed by atoms with E-state index in [9.17, 15) is 18.0 Å². The number of hydrogen-bond acceptors (Lipinski definition) is 5. The highest BCUT2D eigenvalue weighted by atomic mass is 32.2. The van der Waals surface area contributed by atoms with Crippen LogP contribution >= 0.6 is 0 Å². The smallest absolute Gasteiger partial charge is 0.404 e. The van der Waals surface area contributed by atoms with Gasteiger partial charge in [-0.05, 0) is 12.1 Å². The van der Waals surface area contributed by atoms with Crippen LogP contribution in [0, 0.1) is 0 Å². The summed E-state index contributed by atoms with van der Waals surface area (Å²) in [6.45, 7) is 1.43. The minimum absolute atomic E-state index is 0.0177. The monoisotopic (exact) mass is 300 g/mol. The Morgan fingerprint density at radius 2 is 2.05 bits per heavy atom. The van der Waals surface area contributed by atoms with Gasteiger partial charge in [-0.15, -0.1) is 0 Å². The van der Waals surface area contributed by atoms with Gasteiger partial charge >= 0.3 is 6.09 Å². The molecule has 8 heteroatoms. The SMILES string of the molecule is CCC(=O)c1cccc(S(=O)(=O)NCCOC(N)=O)c1. The van der Waals surface area contributed by atoms with Crippen LogP contribution in [-0.2, 0) is 14.8 Å². The Labute approximate surface area is 117 Å². The molecule has 0 bridgehead atoms. The van der Waals surface area contributed by atoms with Crippen LogP contribution < -0.4 is 10.5 Å². The molecule has 7 nitrogen and oxygen atoms in total. The van der Waals surface area contributed by atoms with Crippen LogP contribution in [0.4, 0.5) is 4.79 Å². The number of rotatable bonds is 7. The molecule has 1 rings (SSSR count). The van der Waals surface area contributed by atoms with Crippen LogP contribution in [0.5, 0.6) is 0 Å². The van der Waals surface area contributed by atoms with Crippen LogP contribution in [0.2, 0.25) is 0 Å². The van der Waals surface area contributed by atoms with Crippen molar-refractivity contribution in [3.63, 3.8) is 0 Å². The Hall–Kier alpha value is -1.93. The van der Waals surface area contributed by atoms with Crippen molar-refractivity contribution in [3.8, 4) is 0 Å². The second-order valence-electron chi connectivity index (χ2n) is 3.87. The van der Waals surface area contributed by atoms with Gasteiger partial charge in [0.05, 0.1) is 4.90 Å². The molecule has 1 aromatic rings. The lowest BCUT2D eigenvalue weighted by Crippen LogP contribution is -2.29. The van der Waals surface area contributed by atoms with Crippen molar-refractivity contribution in [2.24, 2.45) is 5.73 Å². The predicted molar refractivity (Wildman–Crippen MR) is 71.8 cm³/mol. The number of ketones is 1. The normalized spacial score (nSPS) is 11.1. The molecule has 3 N–H and O–H groups in total. The number of Topliss-reactive ketones (excluding diaryl/α,β-unsaturated/α-hetero) is 1. The van der Waals surface area contributed by atoms with E-state index in [0.29, 0.717) is 12.0 Å². The van der Waals surface area contributed by atoms with Crippen molar-refractivity contribution in [2.75, 3.05) is 13.2 Å². The van der Waals surface area contributed by atoms with Crippen molar-refractivity contribution in [1.82, 2.24) is 4.72 Å². The third-order valence-electron chi connectivity index (χ3n) is 2.43. The van der Waals surface area contributed by atoms with E-state index in [1.807, 2.05) is 0 Å². The first-order valence-corrected chi connectivity index (χ1v) is 7.40. The fourth-order valence-electron chi connectivity index (χ4n) is 1.45. The topological polar surface area (TPSA) is 116 Å². The summed E-state index contributed by atoms with van der Waals surface area (Å²) in [6.07, 6.45) is -0.677. The first kappa shape index (κ1) is 16.1. The molecular weight excluding hydrogens is 284 g/mol. The number of hydrogen-bond donors (Lipinski definition) is 2. The number of amides is 1. The van der Waals surface area contributed by atoms with E-state index in [1.165, 1.54) is 18.2 Å². The number of carbonyl (C=O) groups excluding carboxylic acids is 2. The van der Waals surface area contributed by atoms with Crippen molar-refractivity contribution >= 4 is 21.9 Å². The lowest BCUT2D eigenvalue weighted by molar-refractivity contribution is 0.0988. The Balaban J connectivity index is 2.77. The number of nitrogens with two attached hydrogens (primary N) is 1. The molecule has 0 aliphatic carbocycles. The van der Waals surface area contributed by atoms with Gasteiger partial charge in [0.25, 0.3) is 0 Å². The molecule has 0 saturated heterocycles. The number of carbonyl (C=O) groups is 2. The highest BCUT2D eigenvalue weighted by molar-refractivity contribution is 7.89. The third-order valence-corrected chi connectivity index (χ3v) is 3.88. The molecule has 1 aromatic carbocycles. The molecule has 20 heavy (non-hydrogen) atoms. The molecule has 0 radical (unpaired) electrons. The number of primary amides is 1. The molecule has 1 amide bonds. The van der Waals surface area contributed by atoms with Gasteiger partial charge in [0.2, 0.25) is 10.0 Å². The number of benzene rings is 1. The fraction of sp³-hybridized carbons (Fsp3) is 0.333. The van der Waals surface area contributed by atoms with Gasteiger partial charge in [-0.1, -0.05) is 19.1 Å². The van der Waals surface area contributed by atoms with E-state index in [1.54, 1.807) is 13.0 Å². The summed E-state index contributed by atoms with van der Waals surface area (Å²) < 4.78 is 30.5. The van der Waals surface area contributed by atoms with Gasteiger partial charge in [0, 0.05) is 18.5 Å². The summed E-state index contributed by atoms with van der Waals surface area (Å²) in [5, 5.41) is 0. The number of ether oxygens (including phenoxy) is 1. The van der Waals surface area contributed by atoms with E-state index >= 15 is 0 Å². The summed E-state index contributed by atoms with van der Waals surface area (Å²) in [7, 11) is -3.76. The standard InChI is InChI=1S/C12H16N2O5S/c1-2-11(15)9-4-3-5-10(8-9)20(17,18)14-6-7-19-12(13)16/h3-5,8,14H,2,6-7H2,1H3,(H2,13,16). The zero-order valence-corrected chi connectivity index (χ0v) is 11.8. The van der Waals surface area contributed by atoms with Gasteiger partial charge in [0.15, 0.2) is 5.78 Å². The molecule has 0 aliphatic rings. The fourth-order valence-corrected chi connectivity index (χ4v) is 2.51. The molecule has 0 fully saturated rings. The molecule has 0 aromatic heterocycles. The molecular formula is C12H16N2O5S. The van der Waals surface area contributed by atoms with Crippen molar-refractivity contribution in [2.45, 2.75) is 18.2 Å². The number of nitrogens with one attached hydrogen (secondary N) is 1. The van der Waals surface area contributed by atoms with E-state index in [-0.39, 0.29) is 23.8 Å². The Morgan fingerprint density at radius 3 is 2.65 bits per heavy atom. The van der Waals surface area contributed by atoms with Gasteiger partial charge < -0.3 is 10.5 Å². The molecule has 0 heterocycles. The van der Waals surface area contributed by atoms with E-state index < -0.39 is 16.1 Å². The van der Waals surface area contributed by atoms with Crippen LogP contribution in [0.3, 0.4) is 0 Å². The van der Waals surface area contributed by atoms with Crippen LogP contribution in [0.15, 0.2) is 29.2 Å². The second kappa shape index (κ2) is 7.01. The summed E-state index contributed by atoms with van der Waals surface area (Å²) in [5.74, 6) is -0.140. The maximum Gasteiger partial charge on any atom is 0.404 e. The predicted octanol–water partition coefficient (Wildman–Crippen LogP) is 0.653. The van der Waals surface area contributed by atoms with Gasteiger partial charge in [0.1, 0.15) is 6.61 Å². The third kappa shape index (κ3) is 4.63. The van der Waals surface area contributed by atoms with E-state index in [0.717, 1.165) is 0 Å². The largest absolute Gasteiger partial charge is 0.448 e. The Morgan fingerprint density at radius 1 is 1.35 bits per heavy atom. The van der Waals surface area contributed by atoms with E-state index in [4.69, 9.17) is 5.73 Å². The van der Waals surface area contributed by atoms with Crippen molar-refractivity contribution < 1.29 is 22.7 Å². The summed E-state index contributed by atoms with van der Waals surface area (Å²) >= 11 is 0. The maximum atomic E-state index is 11.9. The quantitative estimate of drug-likeness (QED) is 0.566. The van der Waals surface area contributed by atoms with Gasteiger partial charge in [-0.3, -0.25) is 4.79 Å². The Bertz CT molecular complexity index is 598. The average molecular weight is 300 g/mol. The summed E-state index contributed by atoms with van der Waals surface area (Å²) in [6, 6.07) is 5.74. The minimum atomic E-state index is -3.76. The molecule has 110 valence electrons. The molecule has 0 unspecified atom stereocenters. The first-order chi connectivity index (χ1) is 9.36. The molecule has 0 aliphatic heterocycles. The van der Waals surface area contributed by atoms with Gasteiger partial charge in [-0.2, -0.15) is 0 Å². The van der Waals surface area contributed by atoms with Crippen LogP contribution in [0.25, 0.3) is 0 Å². The zero-order chi connectivity index (χ0) is 15.2. The van der Waals surface area contributed by atoms with Crippen LogP contribution in [-0.4, -0.2) is 33.4 Å². The van der Waals surface area contributed by atoms with Crippen molar-refractivity contribution in [1.29, 1.82) is 0 Å². The molecule has 0 spiro atoms. The summed E-state index contributed by atoms with van der Waals surface area (Å²) in [4.78, 5) is 21.9. The van der Waals surface area contributed by atoms with Crippen molar-refractivity contribution in [3.05, 3.63) is 29.8 Å². The van der Waals surface area contributed by atoms with E-state index in [2.05, 4.69) is 9.46 Å². The maximum absolute atomic E-state index is 11.9. The highest BCUT2D eigenvalue weighted by Gasteiger charge is 2.15. The first-order valence-electron chi connectivity index (χ1n) is 5.92. The van der Waals surface area contributed by atoms with Crippen LogP contribution in [0.1, 0.15) is 23.7 Å². The lowest BCUT2D eigenvalue weighted by Gasteiger charge is -2.07. The highest BCUT2D eigenvalue weighted by Crippen LogP contribution is 2.12. The minimum Gasteiger partial charge on any atom is -0.448 e. The lowest BCUT2D eigenvalue weighted by atomic mass is 10.1. The average Bonchev–Trinajstić information content (AvgIpc) is 2.42. The second-order valence-corrected chi connectivity index (χ2v) is 5.64. The Kier molecular flexibility index (Phi) is 5.66.